The standard InChI is InChI=1S/C9H13BrN2O/c10-8-5-11-12(6-8)7-9(13)3-1-2-4-9/h5-6,13H,1-4,7H2. The van der Waals surface area contributed by atoms with E-state index in [-0.39, 0.29) is 0 Å². The van der Waals surface area contributed by atoms with Crippen molar-refractivity contribution in [2.24, 2.45) is 0 Å². The highest BCUT2D eigenvalue weighted by Crippen LogP contribution is 2.30. The molecule has 1 aromatic rings. The molecule has 1 aliphatic rings. The Morgan fingerprint density at radius 3 is 2.77 bits per heavy atom. The summed E-state index contributed by atoms with van der Waals surface area (Å²) in [6, 6.07) is 0. The van der Waals surface area contributed by atoms with Crippen LogP contribution in [0, 0.1) is 0 Å². The molecule has 1 aliphatic carbocycles. The lowest BCUT2D eigenvalue weighted by atomic mass is 10.0. The van der Waals surface area contributed by atoms with Gasteiger partial charge in [0.05, 0.1) is 22.8 Å². The maximum Gasteiger partial charge on any atom is 0.0842 e. The molecule has 3 nitrogen and oxygen atoms in total. The lowest BCUT2D eigenvalue weighted by molar-refractivity contribution is 0.0265. The molecule has 13 heavy (non-hydrogen) atoms. The molecule has 0 aromatic carbocycles. The maximum atomic E-state index is 10.1. The Morgan fingerprint density at radius 1 is 1.54 bits per heavy atom. The summed E-state index contributed by atoms with van der Waals surface area (Å²) in [4.78, 5) is 0. The van der Waals surface area contributed by atoms with E-state index in [9.17, 15) is 5.11 Å². The van der Waals surface area contributed by atoms with Gasteiger partial charge >= 0.3 is 0 Å². The van der Waals surface area contributed by atoms with E-state index >= 15 is 0 Å². The second-order valence-electron chi connectivity index (χ2n) is 3.79. The van der Waals surface area contributed by atoms with Crippen molar-refractivity contribution in [1.29, 1.82) is 0 Å². The minimum Gasteiger partial charge on any atom is -0.388 e. The van der Waals surface area contributed by atoms with Gasteiger partial charge in [0.2, 0.25) is 0 Å². The molecule has 0 spiro atoms. The van der Waals surface area contributed by atoms with Crippen LogP contribution in [0.3, 0.4) is 0 Å². The molecular formula is C9H13BrN2O. The summed E-state index contributed by atoms with van der Waals surface area (Å²) in [7, 11) is 0. The quantitative estimate of drug-likeness (QED) is 0.864. The van der Waals surface area contributed by atoms with Gasteiger partial charge in [0, 0.05) is 6.20 Å². The lowest BCUT2D eigenvalue weighted by Gasteiger charge is -2.21. The second kappa shape index (κ2) is 3.42. The zero-order valence-corrected chi connectivity index (χ0v) is 9.00. The van der Waals surface area contributed by atoms with E-state index in [2.05, 4.69) is 21.0 Å². The van der Waals surface area contributed by atoms with E-state index in [0.29, 0.717) is 6.54 Å². The Bertz CT molecular complexity index is 292. The highest BCUT2D eigenvalue weighted by Gasteiger charge is 2.31. The van der Waals surface area contributed by atoms with Crippen LogP contribution in [0.25, 0.3) is 0 Å². The van der Waals surface area contributed by atoms with Gasteiger partial charge in [0.15, 0.2) is 0 Å². The van der Waals surface area contributed by atoms with Crippen molar-refractivity contribution in [1.82, 2.24) is 9.78 Å². The average molecular weight is 245 g/mol. The van der Waals surface area contributed by atoms with Gasteiger partial charge < -0.3 is 5.11 Å². The fraction of sp³-hybridized carbons (Fsp3) is 0.667. The molecule has 0 unspecified atom stereocenters. The van der Waals surface area contributed by atoms with Gasteiger partial charge in [-0.15, -0.1) is 0 Å². The molecule has 1 heterocycles. The molecule has 1 aromatic heterocycles. The number of hydrogen-bond acceptors (Lipinski definition) is 2. The highest BCUT2D eigenvalue weighted by molar-refractivity contribution is 9.10. The molecule has 0 saturated heterocycles. The first-order valence-electron chi connectivity index (χ1n) is 4.58. The Morgan fingerprint density at radius 2 is 2.23 bits per heavy atom. The van der Waals surface area contributed by atoms with Crippen LogP contribution < -0.4 is 0 Å². The van der Waals surface area contributed by atoms with Gasteiger partial charge in [-0.3, -0.25) is 4.68 Å². The lowest BCUT2D eigenvalue weighted by Crippen LogP contribution is -2.30. The van der Waals surface area contributed by atoms with Gasteiger partial charge in [-0.1, -0.05) is 12.8 Å². The Hall–Kier alpha value is -0.350. The number of hydrogen-bond donors (Lipinski definition) is 1. The van der Waals surface area contributed by atoms with Gasteiger partial charge in [-0.2, -0.15) is 5.10 Å². The third-order valence-electron chi connectivity index (χ3n) is 2.59. The first-order chi connectivity index (χ1) is 6.18. The van der Waals surface area contributed by atoms with Crippen molar-refractivity contribution in [3.63, 3.8) is 0 Å². The Balaban J connectivity index is 2.04. The van der Waals surface area contributed by atoms with Crippen molar-refractivity contribution >= 4 is 15.9 Å². The minimum absolute atomic E-state index is 0.508. The molecule has 1 N–H and O–H groups in total. The summed E-state index contributed by atoms with van der Waals surface area (Å²) in [6.07, 6.45) is 7.74. The summed E-state index contributed by atoms with van der Waals surface area (Å²) in [5.74, 6) is 0. The third-order valence-corrected chi connectivity index (χ3v) is 3.00. The average Bonchev–Trinajstić information content (AvgIpc) is 2.62. The molecule has 0 atom stereocenters. The molecule has 2 rings (SSSR count). The van der Waals surface area contributed by atoms with E-state index < -0.39 is 5.60 Å². The van der Waals surface area contributed by atoms with Gasteiger partial charge in [0.1, 0.15) is 0 Å². The monoisotopic (exact) mass is 244 g/mol. The van der Waals surface area contributed by atoms with E-state index in [0.717, 1.165) is 30.2 Å². The van der Waals surface area contributed by atoms with Gasteiger partial charge in [-0.05, 0) is 28.8 Å². The third kappa shape index (κ3) is 2.11. The van der Waals surface area contributed by atoms with Crippen LogP contribution in [-0.4, -0.2) is 20.5 Å². The Labute approximate surface area is 85.9 Å². The summed E-state index contributed by atoms with van der Waals surface area (Å²) in [5, 5.41) is 14.2. The summed E-state index contributed by atoms with van der Waals surface area (Å²) in [6.45, 7) is 0.624. The molecular weight excluding hydrogens is 232 g/mol. The van der Waals surface area contributed by atoms with Gasteiger partial charge in [0.25, 0.3) is 0 Å². The van der Waals surface area contributed by atoms with Crippen molar-refractivity contribution in [3.05, 3.63) is 16.9 Å². The van der Waals surface area contributed by atoms with Crippen LogP contribution in [0.2, 0.25) is 0 Å². The molecule has 0 radical (unpaired) electrons. The molecule has 0 amide bonds. The van der Waals surface area contributed by atoms with Crippen LogP contribution in [0.15, 0.2) is 16.9 Å². The summed E-state index contributed by atoms with van der Waals surface area (Å²) in [5.41, 5.74) is -0.508. The van der Waals surface area contributed by atoms with Crippen LogP contribution in [0.1, 0.15) is 25.7 Å². The molecule has 1 fully saturated rings. The fourth-order valence-electron chi connectivity index (χ4n) is 1.92. The number of aliphatic hydroxyl groups is 1. The summed E-state index contributed by atoms with van der Waals surface area (Å²) < 4.78 is 2.77. The molecule has 4 heteroatoms. The zero-order chi connectivity index (χ0) is 9.31. The van der Waals surface area contributed by atoms with Crippen LogP contribution in [0.5, 0.6) is 0 Å². The topological polar surface area (TPSA) is 38.0 Å². The number of halogens is 1. The number of aromatic nitrogens is 2. The first-order valence-corrected chi connectivity index (χ1v) is 5.38. The van der Waals surface area contributed by atoms with Crippen LogP contribution >= 0.6 is 15.9 Å². The van der Waals surface area contributed by atoms with Crippen molar-refractivity contribution in [2.75, 3.05) is 0 Å². The highest BCUT2D eigenvalue weighted by atomic mass is 79.9. The molecule has 1 saturated carbocycles. The van der Waals surface area contributed by atoms with Crippen LogP contribution in [-0.2, 0) is 6.54 Å². The molecule has 0 aliphatic heterocycles. The van der Waals surface area contributed by atoms with Crippen molar-refractivity contribution < 1.29 is 5.11 Å². The first kappa shape index (κ1) is 9.21. The summed E-state index contributed by atoms with van der Waals surface area (Å²) >= 11 is 3.33. The smallest absolute Gasteiger partial charge is 0.0842 e. The van der Waals surface area contributed by atoms with Crippen molar-refractivity contribution in [3.8, 4) is 0 Å². The fourth-order valence-corrected chi connectivity index (χ4v) is 2.25. The van der Waals surface area contributed by atoms with Gasteiger partial charge in [-0.25, -0.2) is 0 Å². The predicted molar refractivity (Wildman–Crippen MR) is 53.3 cm³/mol. The van der Waals surface area contributed by atoms with E-state index in [1.54, 1.807) is 10.9 Å². The Kier molecular flexibility index (Phi) is 2.43. The minimum atomic E-state index is -0.508. The largest absolute Gasteiger partial charge is 0.388 e. The SMILES string of the molecule is OC1(Cn2cc(Br)cn2)CCCC1. The second-order valence-corrected chi connectivity index (χ2v) is 4.70. The van der Waals surface area contributed by atoms with Crippen LogP contribution in [0.4, 0.5) is 0 Å². The van der Waals surface area contributed by atoms with E-state index in [1.165, 1.54) is 0 Å². The predicted octanol–water partition coefficient (Wildman–Crippen LogP) is 1.95. The van der Waals surface area contributed by atoms with E-state index in [4.69, 9.17) is 0 Å². The number of nitrogens with zero attached hydrogens (tertiary/aromatic N) is 2. The van der Waals surface area contributed by atoms with Crippen molar-refractivity contribution in [2.45, 2.75) is 37.8 Å². The number of rotatable bonds is 2. The normalized spacial score (nSPS) is 20.8. The molecule has 72 valence electrons. The molecule has 0 bridgehead atoms. The maximum absolute atomic E-state index is 10.1. The van der Waals surface area contributed by atoms with E-state index in [1.807, 2.05) is 6.20 Å². The zero-order valence-electron chi connectivity index (χ0n) is 7.41.